The van der Waals surface area contributed by atoms with Crippen LogP contribution < -0.4 is 4.90 Å². The Labute approximate surface area is 186 Å². The van der Waals surface area contributed by atoms with Crippen LogP contribution in [0, 0.1) is 23.7 Å². The third-order valence-electron chi connectivity index (χ3n) is 7.17. The highest BCUT2D eigenvalue weighted by Crippen LogP contribution is 2.60. The Balaban J connectivity index is 1.32. The molecule has 1 aromatic rings. The largest absolute Gasteiger partial charge is 0.459 e. The number of halogens is 2. The highest BCUT2D eigenvalue weighted by atomic mass is 79.9. The molecule has 0 aromatic heterocycles. The quantitative estimate of drug-likeness (QED) is 0.333. The molecule has 4 fully saturated rings. The fourth-order valence-electron chi connectivity index (χ4n) is 5.75. The van der Waals surface area contributed by atoms with Crippen LogP contribution in [0.2, 0.25) is 0 Å². The number of rotatable bonds is 3. The monoisotopic (exact) mass is 523 g/mol. The predicted octanol–water partition coefficient (Wildman–Crippen LogP) is 4.46. The van der Waals surface area contributed by atoms with Gasteiger partial charge >= 0.3 is 5.97 Å². The van der Waals surface area contributed by atoms with Gasteiger partial charge in [0.15, 0.2) is 0 Å². The van der Waals surface area contributed by atoms with Gasteiger partial charge in [0.25, 0.3) is 0 Å². The molecule has 0 N–H and O–H groups in total. The van der Waals surface area contributed by atoms with Crippen molar-refractivity contribution < 1.29 is 19.1 Å². The van der Waals surface area contributed by atoms with E-state index in [1.165, 1.54) is 11.3 Å². The summed E-state index contributed by atoms with van der Waals surface area (Å²) in [6.45, 7) is 0. The zero-order valence-electron chi connectivity index (χ0n) is 15.9. The number of benzene rings is 1. The second-order valence-corrected chi connectivity index (χ2v) is 10.8. The van der Waals surface area contributed by atoms with E-state index in [-0.39, 0.29) is 57.2 Å². The van der Waals surface area contributed by atoms with Crippen molar-refractivity contribution in [2.45, 2.75) is 54.3 Å². The van der Waals surface area contributed by atoms with Gasteiger partial charge in [0.1, 0.15) is 6.10 Å². The van der Waals surface area contributed by atoms with Gasteiger partial charge in [-0.25, -0.2) is 4.79 Å². The van der Waals surface area contributed by atoms with E-state index in [9.17, 15) is 14.4 Å². The molecule has 1 aliphatic heterocycles. The first-order valence-electron chi connectivity index (χ1n) is 10.4. The Bertz CT molecular complexity index is 819. The third-order valence-corrected chi connectivity index (χ3v) is 10.4. The van der Waals surface area contributed by atoms with Crippen molar-refractivity contribution in [2.24, 2.45) is 23.7 Å². The fourth-order valence-corrected chi connectivity index (χ4v) is 7.63. The van der Waals surface area contributed by atoms with Gasteiger partial charge in [-0.3, -0.25) is 14.5 Å². The Morgan fingerprint density at radius 3 is 2.00 bits per heavy atom. The number of esters is 1. The molecular formula is C22H23Br2NO4. The molecule has 6 atom stereocenters. The topological polar surface area (TPSA) is 63.7 Å². The molecule has 2 bridgehead atoms. The first-order chi connectivity index (χ1) is 14.0. The summed E-state index contributed by atoms with van der Waals surface area (Å²) < 4.78 is 5.61. The number of hydrogen-bond acceptors (Lipinski definition) is 4. The summed E-state index contributed by atoms with van der Waals surface area (Å²) in [4.78, 5) is 40.4. The predicted molar refractivity (Wildman–Crippen MR) is 115 cm³/mol. The normalized spacial score (nSPS) is 36.6. The number of hydrogen-bond donors (Lipinski definition) is 0. The average Bonchev–Trinajstić information content (AvgIpc) is 3.34. The lowest BCUT2D eigenvalue weighted by Crippen LogP contribution is -2.37. The summed E-state index contributed by atoms with van der Waals surface area (Å²) in [5.41, 5.74) is 1.000. The molecule has 5 rings (SSSR count). The van der Waals surface area contributed by atoms with E-state index in [2.05, 4.69) is 31.9 Å². The van der Waals surface area contributed by atoms with Crippen molar-refractivity contribution in [1.29, 1.82) is 0 Å². The van der Waals surface area contributed by atoms with Crippen LogP contribution in [0.1, 0.15) is 48.9 Å². The summed E-state index contributed by atoms with van der Waals surface area (Å²) in [5.74, 6) is -0.617. The number of ether oxygens (including phenoxy) is 1. The molecule has 7 heteroatoms. The third kappa shape index (κ3) is 3.11. The van der Waals surface area contributed by atoms with E-state index in [4.69, 9.17) is 4.74 Å². The zero-order valence-corrected chi connectivity index (χ0v) is 19.1. The Morgan fingerprint density at radius 1 is 0.897 bits per heavy atom. The Morgan fingerprint density at radius 2 is 1.45 bits per heavy atom. The number of alkyl halides is 2. The lowest BCUT2D eigenvalue weighted by atomic mass is 9.81. The molecular weight excluding hydrogens is 502 g/mol. The SMILES string of the molecule is O=C(OC1CCCCC1)c1ccc(N2C(=O)[C@@H]3[C@@H]4C[C@@H]([C@H](Br)[C@@H]4Br)[C@@H]3C2=O)cc1. The standard InChI is InChI=1S/C22H23Br2NO4/c23-18-14-10-15(19(18)24)17-16(14)20(26)25(21(17)27)12-8-6-11(7-9-12)22(28)29-13-4-2-1-3-5-13/h6-9,13-19H,1-5,10H2/t14-,15+,16+,17-,18+,19-. The van der Waals surface area contributed by atoms with Crippen LogP contribution in [-0.4, -0.2) is 33.5 Å². The van der Waals surface area contributed by atoms with Crippen LogP contribution in [0.25, 0.3) is 0 Å². The van der Waals surface area contributed by atoms with Gasteiger partial charge in [0.05, 0.1) is 23.1 Å². The number of anilines is 1. The van der Waals surface area contributed by atoms with Crippen molar-refractivity contribution in [1.82, 2.24) is 0 Å². The highest BCUT2D eigenvalue weighted by Gasteiger charge is 2.66. The molecule has 3 aliphatic carbocycles. The van der Waals surface area contributed by atoms with Crippen molar-refractivity contribution in [3.8, 4) is 0 Å². The molecule has 29 heavy (non-hydrogen) atoms. The number of carbonyl (C=O) groups excluding carboxylic acids is 3. The minimum absolute atomic E-state index is 0.00177. The number of nitrogens with zero attached hydrogens (tertiary/aromatic N) is 1. The van der Waals surface area contributed by atoms with Gasteiger partial charge in [0, 0.05) is 9.65 Å². The molecule has 1 heterocycles. The maximum absolute atomic E-state index is 13.1. The van der Waals surface area contributed by atoms with Crippen molar-refractivity contribution in [3.05, 3.63) is 29.8 Å². The summed E-state index contributed by atoms with van der Waals surface area (Å²) in [6, 6.07) is 6.69. The summed E-state index contributed by atoms with van der Waals surface area (Å²) in [5, 5.41) is 0. The second-order valence-electron chi connectivity index (χ2n) is 8.73. The second kappa shape index (κ2) is 7.49. The molecule has 5 nitrogen and oxygen atoms in total. The summed E-state index contributed by atoms with van der Waals surface area (Å²) in [6.07, 6.45) is 6.18. The fraction of sp³-hybridized carbons (Fsp3) is 0.591. The maximum Gasteiger partial charge on any atom is 0.338 e. The first-order valence-corrected chi connectivity index (χ1v) is 12.3. The molecule has 0 radical (unpaired) electrons. The number of carbonyl (C=O) groups is 3. The van der Waals surface area contributed by atoms with Crippen LogP contribution in [0.4, 0.5) is 5.69 Å². The Kier molecular flexibility index (Phi) is 5.09. The van der Waals surface area contributed by atoms with Crippen molar-refractivity contribution in [3.63, 3.8) is 0 Å². The van der Waals surface area contributed by atoms with Gasteiger partial charge < -0.3 is 4.74 Å². The van der Waals surface area contributed by atoms with E-state index in [1.807, 2.05) is 0 Å². The number of fused-ring (bicyclic) bond motifs is 5. The molecule has 154 valence electrons. The Hall–Kier alpha value is -1.21. The van der Waals surface area contributed by atoms with Crippen molar-refractivity contribution in [2.75, 3.05) is 4.90 Å². The summed E-state index contributed by atoms with van der Waals surface area (Å²) >= 11 is 7.41. The first kappa shape index (κ1) is 19.7. The van der Waals surface area contributed by atoms with Crippen LogP contribution >= 0.6 is 31.9 Å². The molecule has 1 aromatic carbocycles. The maximum atomic E-state index is 13.1. The molecule has 3 saturated carbocycles. The minimum atomic E-state index is -0.332. The van der Waals surface area contributed by atoms with Crippen LogP contribution in [0.5, 0.6) is 0 Å². The lowest BCUT2D eigenvalue weighted by molar-refractivity contribution is -0.123. The molecule has 4 aliphatic rings. The van der Waals surface area contributed by atoms with E-state index in [0.29, 0.717) is 11.3 Å². The smallest absolute Gasteiger partial charge is 0.338 e. The van der Waals surface area contributed by atoms with Gasteiger partial charge in [-0.05, 0) is 68.2 Å². The van der Waals surface area contributed by atoms with Crippen LogP contribution in [0.3, 0.4) is 0 Å². The number of amides is 2. The van der Waals surface area contributed by atoms with E-state index >= 15 is 0 Å². The average molecular weight is 525 g/mol. The van der Waals surface area contributed by atoms with E-state index < -0.39 is 0 Å². The highest BCUT2D eigenvalue weighted by molar-refractivity contribution is 9.12. The van der Waals surface area contributed by atoms with E-state index in [1.54, 1.807) is 24.3 Å². The van der Waals surface area contributed by atoms with Gasteiger partial charge in [-0.1, -0.05) is 38.3 Å². The van der Waals surface area contributed by atoms with Gasteiger partial charge in [-0.15, -0.1) is 0 Å². The molecule has 0 unspecified atom stereocenters. The van der Waals surface area contributed by atoms with Gasteiger partial charge in [-0.2, -0.15) is 0 Å². The van der Waals surface area contributed by atoms with Gasteiger partial charge in [0.2, 0.25) is 11.8 Å². The van der Waals surface area contributed by atoms with Crippen LogP contribution in [-0.2, 0) is 14.3 Å². The zero-order chi connectivity index (χ0) is 20.3. The number of imide groups is 1. The molecule has 0 spiro atoms. The summed E-state index contributed by atoms with van der Waals surface area (Å²) in [7, 11) is 0. The lowest BCUT2D eigenvalue weighted by Gasteiger charge is -2.28. The minimum Gasteiger partial charge on any atom is -0.459 e. The molecule has 2 amide bonds. The van der Waals surface area contributed by atoms with Crippen molar-refractivity contribution >= 4 is 55.3 Å². The molecule has 1 saturated heterocycles. The van der Waals surface area contributed by atoms with Crippen LogP contribution in [0.15, 0.2) is 24.3 Å². The van der Waals surface area contributed by atoms with E-state index in [0.717, 1.165) is 32.1 Å².